The van der Waals surface area contributed by atoms with E-state index in [9.17, 15) is 45.6 Å². The Morgan fingerprint density at radius 2 is 1.80 bits per heavy atom. The lowest BCUT2D eigenvalue weighted by Gasteiger charge is -2.62. The molecule has 3 aliphatic carbocycles. The number of carbonyl (C=O) groups excluding carboxylic acids is 1. The monoisotopic (exact) mass is 648 g/mol. The fourth-order valence-electron chi connectivity index (χ4n) is 9.90. The molecule has 0 aromatic heterocycles. The van der Waals surface area contributed by atoms with Crippen molar-refractivity contribution in [3.05, 3.63) is 34.9 Å². The molecule has 0 spiro atoms. The summed E-state index contributed by atoms with van der Waals surface area (Å²) in [4.78, 5) is 14.6. The molecule has 1 saturated heterocycles. The summed E-state index contributed by atoms with van der Waals surface area (Å²) in [6.45, 7) is 14.3. The number of aliphatic hydroxyl groups excluding tert-OH is 6. The van der Waals surface area contributed by atoms with Crippen molar-refractivity contribution in [3.8, 4) is 11.5 Å². The molecule has 1 heterocycles. The number of aromatic hydroxyl groups is 1. The summed E-state index contributed by atoms with van der Waals surface area (Å²) in [6.07, 6.45) is -7.48. The van der Waals surface area contributed by atoms with Gasteiger partial charge in [-0.2, -0.15) is 0 Å². The number of ketones is 1. The fourth-order valence-corrected chi connectivity index (χ4v) is 9.90. The highest BCUT2D eigenvalue weighted by Crippen LogP contribution is 2.72. The van der Waals surface area contributed by atoms with Crippen LogP contribution < -0.4 is 4.74 Å². The molecule has 2 saturated carbocycles. The number of phenols is 1. The Bertz CT molecular complexity index is 1370. The number of aliphatic hydroxyl groups is 7. The highest BCUT2D eigenvalue weighted by molar-refractivity contribution is 5.93. The Morgan fingerprint density at radius 3 is 2.41 bits per heavy atom. The quantitative estimate of drug-likeness (QED) is 0.190. The number of hydrogen-bond donors (Lipinski definition) is 8. The van der Waals surface area contributed by atoms with Gasteiger partial charge in [-0.1, -0.05) is 19.4 Å². The lowest BCUT2D eigenvalue weighted by atomic mass is 9.41. The van der Waals surface area contributed by atoms with Crippen LogP contribution in [0.5, 0.6) is 11.5 Å². The van der Waals surface area contributed by atoms with Crippen LogP contribution in [0.2, 0.25) is 0 Å². The third-order valence-electron chi connectivity index (χ3n) is 12.7. The minimum atomic E-state index is -1.69. The second-order valence-corrected chi connectivity index (χ2v) is 15.4. The van der Waals surface area contributed by atoms with Gasteiger partial charge in [-0.15, -0.1) is 6.58 Å². The molecule has 13 atom stereocenters. The molecule has 6 unspecified atom stereocenters. The maximum Gasteiger partial charge on any atom is 0.229 e. The molecule has 5 rings (SSSR count). The van der Waals surface area contributed by atoms with Crippen molar-refractivity contribution in [1.29, 1.82) is 0 Å². The van der Waals surface area contributed by atoms with Gasteiger partial charge in [0.15, 0.2) is 11.5 Å². The van der Waals surface area contributed by atoms with Crippen molar-refractivity contribution in [2.45, 2.75) is 134 Å². The van der Waals surface area contributed by atoms with E-state index < -0.39 is 77.3 Å². The first-order valence-electron chi connectivity index (χ1n) is 16.4. The molecule has 11 heteroatoms. The largest absolute Gasteiger partial charge is 0.504 e. The second-order valence-electron chi connectivity index (χ2n) is 15.4. The van der Waals surface area contributed by atoms with Crippen molar-refractivity contribution in [3.63, 3.8) is 0 Å². The van der Waals surface area contributed by atoms with E-state index >= 15 is 0 Å². The molecule has 258 valence electrons. The summed E-state index contributed by atoms with van der Waals surface area (Å²) < 4.78 is 11.4. The Kier molecular flexibility index (Phi) is 9.04. The van der Waals surface area contributed by atoms with Gasteiger partial charge in [0.25, 0.3) is 0 Å². The zero-order valence-electron chi connectivity index (χ0n) is 27.7. The van der Waals surface area contributed by atoms with Gasteiger partial charge in [0.2, 0.25) is 6.29 Å². The van der Waals surface area contributed by atoms with Gasteiger partial charge in [0.05, 0.1) is 29.8 Å². The van der Waals surface area contributed by atoms with E-state index in [1.807, 2.05) is 20.8 Å². The van der Waals surface area contributed by atoms with Crippen LogP contribution >= 0.6 is 0 Å². The van der Waals surface area contributed by atoms with E-state index in [2.05, 4.69) is 13.5 Å². The standard InChI is InChI=1S/C35H52O11/c1-16(2)8-11-24(38)35(7,44)30-20(37)13-32(4)23-10-9-18-17(3)26(40)21(12-19(18)34(23,6)25(39)14-33(30,32)5)45-31-29(43)28(42)27(41)22(15-36)46-31/h12,20,22-24,27-31,36-38,40-44H,1,8-11,13-15H2,2-7H3/t20-,22?,23+,24?,27?,28?,29?,30+,31?,32+,33-,34-,35+/m1/s1. The van der Waals surface area contributed by atoms with Crippen LogP contribution in [0.15, 0.2) is 18.2 Å². The predicted molar refractivity (Wildman–Crippen MR) is 167 cm³/mol. The van der Waals surface area contributed by atoms with Crippen LogP contribution in [0.4, 0.5) is 0 Å². The molecule has 1 aromatic rings. The maximum absolute atomic E-state index is 14.6. The van der Waals surface area contributed by atoms with Crippen molar-refractivity contribution >= 4 is 5.78 Å². The first kappa shape index (κ1) is 35.2. The van der Waals surface area contributed by atoms with E-state index in [-0.39, 0.29) is 36.0 Å². The highest BCUT2D eigenvalue weighted by atomic mass is 16.7. The van der Waals surface area contributed by atoms with E-state index in [0.29, 0.717) is 36.8 Å². The number of carbonyl (C=O) groups is 1. The topological polar surface area (TPSA) is 197 Å². The summed E-state index contributed by atoms with van der Waals surface area (Å²) >= 11 is 0. The molecule has 3 fully saturated rings. The molecular weight excluding hydrogens is 596 g/mol. The van der Waals surface area contributed by atoms with Crippen molar-refractivity contribution in [2.75, 3.05) is 6.61 Å². The number of fused-ring (bicyclic) bond motifs is 5. The molecule has 8 N–H and O–H groups in total. The van der Waals surface area contributed by atoms with Crippen LogP contribution in [0.25, 0.3) is 0 Å². The zero-order valence-corrected chi connectivity index (χ0v) is 27.7. The van der Waals surface area contributed by atoms with Gasteiger partial charge >= 0.3 is 0 Å². The predicted octanol–water partition coefficient (Wildman–Crippen LogP) is 1.53. The number of benzene rings is 1. The lowest BCUT2D eigenvalue weighted by Crippen LogP contribution is -2.64. The van der Waals surface area contributed by atoms with Gasteiger partial charge in [-0.25, -0.2) is 0 Å². The summed E-state index contributed by atoms with van der Waals surface area (Å²) in [5.41, 5.74) is -1.38. The van der Waals surface area contributed by atoms with Crippen molar-refractivity contribution in [2.24, 2.45) is 22.7 Å². The molecule has 1 aromatic carbocycles. The number of allylic oxidation sites excluding steroid dienone is 1. The molecule has 11 nitrogen and oxygen atoms in total. The zero-order chi connectivity index (χ0) is 34.3. The van der Waals surface area contributed by atoms with Gasteiger partial charge in [-0.05, 0) is 99.3 Å². The third kappa shape index (κ3) is 4.96. The Morgan fingerprint density at radius 1 is 1.15 bits per heavy atom. The molecule has 0 bridgehead atoms. The maximum atomic E-state index is 14.6. The molecule has 4 aliphatic rings. The molecular formula is C35H52O11. The minimum absolute atomic E-state index is 0.0455. The number of rotatable bonds is 8. The summed E-state index contributed by atoms with van der Waals surface area (Å²) in [5.74, 6) is -1.43. The van der Waals surface area contributed by atoms with Gasteiger partial charge < -0.3 is 50.3 Å². The van der Waals surface area contributed by atoms with Crippen LogP contribution in [0.1, 0.15) is 83.4 Å². The Hall–Kier alpha value is -2.09. The van der Waals surface area contributed by atoms with Gasteiger partial charge in [0, 0.05) is 12.3 Å². The van der Waals surface area contributed by atoms with Crippen molar-refractivity contribution in [1.82, 2.24) is 0 Å². The van der Waals surface area contributed by atoms with Crippen LogP contribution in [-0.2, 0) is 21.4 Å². The summed E-state index contributed by atoms with van der Waals surface area (Å²) in [5, 5.41) is 86.6. The third-order valence-corrected chi connectivity index (χ3v) is 12.7. The molecule has 46 heavy (non-hydrogen) atoms. The molecule has 1 aliphatic heterocycles. The fraction of sp³-hybridized carbons (Fsp3) is 0.743. The SMILES string of the molecule is C=C(C)CCC(O)[C@](C)(O)[C@H]1[C@H](O)C[C@@]2(C)[C@@H]3CCc4c(cc(OC5OC(CO)C(O)C(O)C5O)c(O)c4C)[C@@]3(C)C(=O)C[C@]12C. The Labute approximate surface area is 270 Å². The summed E-state index contributed by atoms with van der Waals surface area (Å²) in [7, 11) is 0. The van der Waals surface area contributed by atoms with Gasteiger partial charge in [0.1, 0.15) is 30.2 Å². The van der Waals surface area contributed by atoms with E-state index in [1.165, 1.54) is 0 Å². The molecule has 0 radical (unpaired) electrons. The van der Waals surface area contributed by atoms with Crippen molar-refractivity contribution < 1.29 is 55.1 Å². The minimum Gasteiger partial charge on any atom is -0.504 e. The first-order valence-corrected chi connectivity index (χ1v) is 16.4. The number of ether oxygens (including phenoxy) is 2. The highest BCUT2D eigenvalue weighted by Gasteiger charge is 2.73. The number of phenolic OH excluding ortho intramolecular Hbond substituents is 1. The average Bonchev–Trinajstić information content (AvgIpc) is 3.19. The molecule has 0 amide bonds. The van der Waals surface area contributed by atoms with E-state index in [4.69, 9.17) is 9.47 Å². The lowest BCUT2D eigenvalue weighted by molar-refractivity contribution is -0.277. The average molecular weight is 649 g/mol. The second kappa shape index (κ2) is 11.8. The van der Waals surface area contributed by atoms with Gasteiger partial charge in [-0.3, -0.25) is 4.79 Å². The van der Waals surface area contributed by atoms with Crippen LogP contribution in [-0.4, -0.2) is 102 Å². The number of Topliss-reactive ketones (excluding diaryl/α,β-unsaturated/α-hetero) is 1. The summed E-state index contributed by atoms with van der Waals surface area (Å²) in [6, 6.07) is 1.58. The van der Waals surface area contributed by atoms with Crippen LogP contribution in [0, 0.1) is 29.6 Å². The normalized spacial score (nSPS) is 42.4. The smallest absolute Gasteiger partial charge is 0.229 e. The van der Waals surface area contributed by atoms with E-state index in [1.54, 1.807) is 19.9 Å². The Balaban J connectivity index is 1.54. The number of hydrogen-bond acceptors (Lipinski definition) is 11. The first-order chi connectivity index (χ1) is 21.3. The van der Waals surface area contributed by atoms with E-state index in [0.717, 1.165) is 11.1 Å². The van der Waals surface area contributed by atoms with Crippen LogP contribution in [0.3, 0.4) is 0 Å².